The molecule has 0 saturated carbocycles. The van der Waals surface area contributed by atoms with E-state index in [4.69, 9.17) is 0 Å². The van der Waals surface area contributed by atoms with Crippen LogP contribution in [0.2, 0.25) is 0 Å². The standard InChI is InChI=1S/C15H16N2O5S/c1-9(2)6-7-16-12(13(14(18)19)23-15(16)20)10-4-3-5-11(8-10)17(21)22/h3-5,8-9H,6-7H2,1-2H3,(H,18,19). The lowest BCUT2D eigenvalue weighted by Crippen LogP contribution is -2.16. The molecule has 0 aliphatic rings. The summed E-state index contributed by atoms with van der Waals surface area (Å²) in [6, 6.07) is 5.67. The van der Waals surface area contributed by atoms with Crippen LogP contribution in [0.1, 0.15) is 29.9 Å². The first-order valence-electron chi connectivity index (χ1n) is 7.03. The van der Waals surface area contributed by atoms with Crippen molar-refractivity contribution in [3.8, 4) is 11.3 Å². The Morgan fingerprint density at radius 3 is 2.70 bits per heavy atom. The normalized spacial score (nSPS) is 10.9. The zero-order valence-electron chi connectivity index (χ0n) is 12.7. The van der Waals surface area contributed by atoms with Crippen LogP contribution in [0.25, 0.3) is 11.3 Å². The van der Waals surface area contributed by atoms with E-state index < -0.39 is 10.9 Å². The van der Waals surface area contributed by atoms with E-state index >= 15 is 0 Å². The van der Waals surface area contributed by atoms with Crippen molar-refractivity contribution >= 4 is 23.0 Å². The van der Waals surface area contributed by atoms with Gasteiger partial charge < -0.3 is 5.11 Å². The van der Waals surface area contributed by atoms with Crippen molar-refractivity contribution in [2.45, 2.75) is 26.8 Å². The third kappa shape index (κ3) is 3.65. The Kier molecular flexibility index (Phi) is 4.95. The van der Waals surface area contributed by atoms with E-state index in [0.29, 0.717) is 35.8 Å². The Hall–Kier alpha value is -2.48. The van der Waals surface area contributed by atoms with Crippen LogP contribution in [0.5, 0.6) is 0 Å². The topological polar surface area (TPSA) is 102 Å². The highest BCUT2D eigenvalue weighted by atomic mass is 32.1. The minimum Gasteiger partial charge on any atom is -0.477 e. The molecule has 1 aromatic heterocycles. The van der Waals surface area contributed by atoms with Crippen molar-refractivity contribution in [3.63, 3.8) is 0 Å². The van der Waals surface area contributed by atoms with Gasteiger partial charge in [-0.25, -0.2) is 4.79 Å². The smallest absolute Gasteiger partial charge is 0.348 e. The number of thiazole rings is 1. The van der Waals surface area contributed by atoms with Crippen LogP contribution in [-0.4, -0.2) is 20.6 Å². The monoisotopic (exact) mass is 336 g/mol. The Morgan fingerprint density at radius 1 is 1.43 bits per heavy atom. The van der Waals surface area contributed by atoms with Gasteiger partial charge in [-0.2, -0.15) is 0 Å². The molecule has 0 aliphatic carbocycles. The predicted molar refractivity (Wildman–Crippen MR) is 87.1 cm³/mol. The molecule has 23 heavy (non-hydrogen) atoms. The molecule has 0 aliphatic heterocycles. The second-order valence-corrected chi connectivity index (χ2v) is 6.45. The number of carboxylic acid groups (broad SMARTS) is 1. The van der Waals surface area contributed by atoms with Gasteiger partial charge in [-0.3, -0.25) is 19.5 Å². The maximum absolute atomic E-state index is 12.2. The van der Waals surface area contributed by atoms with Crippen molar-refractivity contribution in [3.05, 3.63) is 48.9 Å². The molecular formula is C15H16N2O5S. The van der Waals surface area contributed by atoms with Crippen molar-refractivity contribution in [1.82, 2.24) is 4.57 Å². The zero-order valence-corrected chi connectivity index (χ0v) is 13.5. The molecule has 0 radical (unpaired) electrons. The van der Waals surface area contributed by atoms with E-state index in [-0.39, 0.29) is 21.1 Å². The number of nitro groups is 1. The molecule has 0 spiro atoms. The van der Waals surface area contributed by atoms with Gasteiger partial charge in [0, 0.05) is 24.2 Å². The minimum atomic E-state index is -1.21. The SMILES string of the molecule is CC(C)CCn1c(-c2cccc([N+](=O)[O-])c2)c(C(=O)O)sc1=O. The average molecular weight is 336 g/mol. The van der Waals surface area contributed by atoms with Crippen LogP contribution in [-0.2, 0) is 6.54 Å². The molecule has 7 nitrogen and oxygen atoms in total. The van der Waals surface area contributed by atoms with Crippen LogP contribution in [0, 0.1) is 16.0 Å². The number of rotatable bonds is 6. The van der Waals surface area contributed by atoms with Crippen LogP contribution in [0.4, 0.5) is 5.69 Å². The van der Waals surface area contributed by atoms with Gasteiger partial charge in [-0.1, -0.05) is 37.3 Å². The molecular weight excluding hydrogens is 320 g/mol. The number of non-ortho nitro benzene ring substituents is 1. The summed E-state index contributed by atoms with van der Waals surface area (Å²) in [5.74, 6) is -0.870. The molecule has 0 saturated heterocycles. The maximum atomic E-state index is 12.2. The summed E-state index contributed by atoms with van der Waals surface area (Å²) in [5.41, 5.74) is 0.448. The van der Waals surface area contributed by atoms with Gasteiger partial charge in [0.1, 0.15) is 4.88 Å². The van der Waals surface area contributed by atoms with Gasteiger partial charge in [0.15, 0.2) is 0 Å². The fourth-order valence-corrected chi connectivity index (χ4v) is 3.07. The second-order valence-electron chi connectivity index (χ2n) is 5.49. The lowest BCUT2D eigenvalue weighted by Gasteiger charge is -2.10. The summed E-state index contributed by atoms with van der Waals surface area (Å²) in [7, 11) is 0. The number of aromatic carboxylic acids is 1. The molecule has 0 atom stereocenters. The maximum Gasteiger partial charge on any atom is 0.348 e. The second kappa shape index (κ2) is 6.74. The van der Waals surface area contributed by atoms with E-state index in [1.54, 1.807) is 6.07 Å². The predicted octanol–water partition coefficient (Wildman–Crippen LogP) is 3.23. The first-order valence-corrected chi connectivity index (χ1v) is 7.84. The summed E-state index contributed by atoms with van der Waals surface area (Å²) < 4.78 is 1.40. The number of carbonyl (C=O) groups is 1. The third-order valence-electron chi connectivity index (χ3n) is 3.35. The summed E-state index contributed by atoms with van der Waals surface area (Å²) in [4.78, 5) is 33.5. The number of benzene rings is 1. The molecule has 0 fully saturated rings. The van der Waals surface area contributed by atoms with Gasteiger partial charge >= 0.3 is 10.8 Å². The quantitative estimate of drug-likeness (QED) is 0.644. The Bertz CT molecular complexity index is 806. The highest BCUT2D eigenvalue weighted by Gasteiger charge is 2.22. The van der Waals surface area contributed by atoms with Crippen molar-refractivity contribution in [2.24, 2.45) is 5.92 Å². The van der Waals surface area contributed by atoms with Crippen molar-refractivity contribution in [1.29, 1.82) is 0 Å². The van der Waals surface area contributed by atoms with Gasteiger partial charge in [0.2, 0.25) is 0 Å². The van der Waals surface area contributed by atoms with Crippen LogP contribution >= 0.6 is 11.3 Å². The lowest BCUT2D eigenvalue weighted by atomic mass is 10.1. The van der Waals surface area contributed by atoms with Gasteiger partial charge in [0.25, 0.3) is 5.69 Å². The summed E-state index contributed by atoms with van der Waals surface area (Å²) in [6.45, 7) is 4.38. The molecule has 0 unspecified atom stereocenters. The number of nitro benzene ring substituents is 1. The molecule has 1 aromatic carbocycles. The molecule has 8 heteroatoms. The average Bonchev–Trinajstić information content (AvgIpc) is 2.82. The first-order chi connectivity index (χ1) is 10.8. The van der Waals surface area contributed by atoms with Gasteiger partial charge in [-0.15, -0.1) is 0 Å². The number of hydrogen-bond acceptors (Lipinski definition) is 5. The third-order valence-corrected chi connectivity index (χ3v) is 4.32. The highest BCUT2D eigenvalue weighted by Crippen LogP contribution is 2.29. The zero-order chi connectivity index (χ0) is 17.1. The molecule has 1 heterocycles. The van der Waals surface area contributed by atoms with Gasteiger partial charge in [-0.05, 0) is 12.3 Å². The van der Waals surface area contributed by atoms with E-state index in [9.17, 15) is 24.8 Å². The summed E-state index contributed by atoms with van der Waals surface area (Å²) in [5, 5.41) is 20.3. The van der Waals surface area contributed by atoms with Crippen LogP contribution in [0.15, 0.2) is 29.1 Å². The number of aromatic nitrogens is 1. The molecule has 2 aromatic rings. The Morgan fingerprint density at radius 2 is 2.13 bits per heavy atom. The van der Waals surface area contributed by atoms with Gasteiger partial charge in [0.05, 0.1) is 10.6 Å². The fraction of sp³-hybridized carbons (Fsp3) is 0.333. The molecule has 1 N–H and O–H groups in total. The molecule has 0 bridgehead atoms. The lowest BCUT2D eigenvalue weighted by molar-refractivity contribution is -0.384. The van der Waals surface area contributed by atoms with E-state index in [1.165, 1.54) is 22.8 Å². The molecule has 122 valence electrons. The number of nitrogens with zero attached hydrogens (tertiary/aromatic N) is 2. The van der Waals surface area contributed by atoms with E-state index in [1.807, 2.05) is 13.8 Å². The van der Waals surface area contributed by atoms with E-state index in [2.05, 4.69) is 0 Å². The molecule has 0 amide bonds. The fourth-order valence-electron chi connectivity index (χ4n) is 2.19. The van der Waals surface area contributed by atoms with Crippen LogP contribution < -0.4 is 4.87 Å². The van der Waals surface area contributed by atoms with Crippen LogP contribution in [0.3, 0.4) is 0 Å². The molecule has 2 rings (SSSR count). The first kappa shape index (κ1) is 16.9. The van der Waals surface area contributed by atoms with E-state index in [0.717, 1.165) is 0 Å². The summed E-state index contributed by atoms with van der Waals surface area (Å²) >= 11 is 0.648. The minimum absolute atomic E-state index is 0.0979. The van der Waals surface area contributed by atoms with Crippen molar-refractivity contribution in [2.75, 3.05) is 0 Å². The summed E-state index contributed by atoms with van der Waals surface area (Å²) in [6.07, 6.45) is 0.706. The Labute approximate surface area is 136 Å². The number of carboxylic acids is 1. The highest BCUT2D eigenvalue weighted by molar-refractivity contribution is 7.11. The van der Waals surface area contributed by atoms with Crippen molar-refractivity contribution < 1.29 is 14.8 Å². The number of hydrogen-bond donors (Lipinski definition) is 1. The Balaban J connectivity index is 2.63. The largest absolute Gasteiger partial charge is 0.477 e.